The van der Waals surface area contributed by atoms with E-state index in [0.717, 1.165) is 6.54 Å². The van der Waals surface area contributed by atoms with Crippen LogP contribution >= 0.6 is 0 Å². The maximum atomic E-state index is 4.10. The molecule has 0 amide bonds. The maximum absolute atomic E-state index is 4.10. The van der Waals surface area contributed by atoms with Gasteiger partial charge in [-0.3, -0.25) is 0 Å². The Balaban J connectivity index is 1.75. The standard InChI is InChI=1S/C13H24N2/c1-12-5-6-13(14-8-7-12)11-15-9-3-2-4-10-15/h13-14H,1-11H2. The Morgan fingerprint density at radius 3 is 2.80 bits per heavy atom. The molecule has 0 aromatic carbocycles. The summed E-state index contributed by atoms with van der Waals surface area (Å²) in [5.74, 6) is 0. The summed E-state index contributed by atoms with van der Waals surface area (Å²) in [6, 6.07) is 0.711. The molecule has 0 aromatic heterocycles. The summed E-state index contributed by atoms with van der Waals surface area (Å²) in [6.07, 6.45) is 7.93. The largest absolute Gasteiger partial charge is 0.312 e. The normalized spacial score (nSPS) is 30.1. The molecule has 0 bridgehead atoms. The van der Waals surface area contributed by atoms with Crippen LogP contribution in [0.25, 0.3) is 0 Å². The molecule has 1 atom stereocenters. The van der Waals surface area contributed by atoms with E-state index in [1.165, 1.54) is 63.7 Å². The number of nitrogens with zero attached hydrogens (tertiary/aromatic N) is 1. The fourth-order valence-corrected chi connectivity index (χ4v) is 2.67. The van der Waals surface area contributed by atoms with Gasteiger partial charge in [-0.1, -0.05) is 18.6 Å². The molecule has 2 rings (SSSR count). The summed E-state index contributed by atoms with van der Waals surface area (Å²) in [5, 5.41) is 3.66. The first-order valence-corrected chi connectivity index (χ1v) is 6.47. The van der Waals surface area contributed by atoms with Crippen molar-refractivity contribution in [3.63, 3.8) is 0 Å². The van der Waals surface area contributed by atoms with Crippen LogP contribution in [0.1, 0.15) is 38.5 Å². The van der Waals surface area contributed by atoms with Crippen LogP contribution < -0.4 is 5.32 Å². The van der Waals surface area contributed by atoms with Crippen molar-refractivity contribution in [3.8, 4) is 0 Å². The minimum Gasteiger partial charge on any atom is -0.312 e. The molecule has 2 heteroatoms. The summed E-state index contributed by atoms with van der Waals surface area (Å²) in [5.41, 5.74) is 1.43. The molecular weight excluding hydrogens is 184 g/mol. The van der Waals surface area contributed by atoms with Gasteiger partial charge in [0.15, 0.2) is 0 Å². The molecule has 2 fully saturated rings. The summed E-state index contributed by atoms with van der Waals surface area (Å²) in [7, 11) is 0. The van der Waals surface area contributed by atoms with E-state index < -0.39 is 0 Å². The van der Waals surface area contributed by atoms with Crippen LogP contribution in [0.2, 0.25) is 0 Å². The first kappa shape index (κ1) is 11.2. The highest BCUT2D eigenvalue weighted by Gasteiger charge is 2.17. The molecule has 0 radical (unpaired) electrons. The number of hydrogen-bond donors (Lipinski definition) is 1. The fourth-order valence-electron chi connectivity index (χ4n) is 2.67. The summed E-state index contributed by atoms with van der Waals surface area (Å²) in [4.78, 5) is 2.63. The SMILES string of the molecule is C=C1CCNC(CN2CCCCC2)CC1. The van der Waals surface area contributed by atoms with Gasteiger partial charge in [0.25, 0.3) is 0 Å². The highest BCUT2D eigenvalue weighted by molar-refractivity contribution is 4.98. The minimum atomic E-state index is 0.711. The zero-order valence-electron chi connectivity index (χ0n) is 9.80. The van der Waals surface area contributed by atoms with Crippen LogP contribution in [0.5, 0.6) is 0 Å². The predicted octanol–water partition coefficient (Wildman–Crippen LogP) is 2.17. The van der Waals surface area contributed by atoms with Gasteiger partial charge in [-0.05, 0) is 51.7 Å². The summed E-state index contributed by atoms with van der Waals surface area (Å²) >= 11 is 0. The van der Waals surface area contributed by atoms with E-state index in [2.05, 4.69) is 16.8 Å². The Labute approximate surface area is 93.7 Å². The Hall–Kier alpha value is -0.340. The first-order chi connectivity index (χ1) is 7.34. The number of rotatable bonds is 2. The van der Waals surface area contributed by atoms with Crippen molar-refractivity contribution < 1.29 is 0 Å². The number of hydrogen-bond acceptors (Lipinski definition) is 2. The van der Waals surface area contributed by atoms with Gasteiger partial charge < -0.3 is 10.2 Å². The smallest absolute Gasteiger partial charge is 0.0198 e. The van der Waals surface area contributed by atoms with Crippen molar-refractivity contribution >= 4 is 0 Å². The minimum absolute atomic E-state index is 0.711. The summed E-state index contributed by atoms with van der Waals surface area (Å²) in [6.45, 7) is 9.13. The summed E-state index contributed by atoms with van der Waals surface area (Å²) < 4.78 is 0. The van der Waals surface area contributed by atoms with Crippen LogP contribution in [0.15, 0.2) is 12.2 Å². The Morgan fingerprint density at radius 1 is 1.20 bits per heavy atom. The third kappa shape index (κ3) is 3.62. The Kier molecular flexibility index (Phi) is 4.21. The number of nitrogens with one attached hydrogen (secondary N) is 1. The fraction of sp³-hybridized carbons (Fsp3) is 0.846. The Morgan fingerprint density at radius 2 is 2.00 bits per heavy atom. The van der Waals surface area contributed by atoms with E-state index in [4.69, 9.17) is 0 Å². The second-order valence-electron chi connectivity index (χ2n) is 5.05. The average Bonchev–Trinajstić information content (AvgIpc) is 2.46. The zero-order valence-corrected chi connectivity index (χ0v) is 9.80. The first-order valence-electron chi connectivity index (χ1n) is 6.47. The molecule has 1 N–H and O–H groups in total. The van der Waals surface area contributed by atoms with Gasteiger partial charge in [0.05, 0.1) is 0 Å². The van der Waals surface area contributed by atoms with Crippen LogP contribution in [-0.4, -0.2) is 37.1 Å². The lowest BCUT2D eigenvalue weighted by Gasteiger charge is -2.30. The van der Waals surface area contributed by atoms with Crippen molar-refractivity contribution in [2.45, 2.75) is 44.6 Å². The molecule has 86 valence electrons. The number of likely N-dealkylation sites (tertiary alicyclic amines) is 1. The van der Waals surface area contributed by atoms with Gasteiger partial charge in [0.1, 0.15) is 0 Å². The van der Waals surface area contributed by atoms with E-state index in [1.807, 2.05) is 0 Å². The van der Waals surface area contributed by atoms with Crippen LogP contribution in [0.4, 0.5) is 0 Å². The molecule has 15 heavy (non-hydrogen) atoms. The molecule has 1 unspecified atom stereocenters. The van der Waals surface area contributed by atoms with Gasteiger partial charge in [0, 0.05) is 12.6 Å². The van der Waals surface area contributed by atoms with E-state index in [9.17, 15) is 0 Å². The van der Waals surface area contributed by atoms with Crippen LogP contribution in [0, 0.1) is 0 Å². The van der Waals surface area contributed by atoms with E-state index in [0.29, 0.717) is 6.04 Å². The number of piperidine rings is 1. The van der Waals surface area contributed by atoms with Crippen molar-refractivity contribution in [2.75, 3.05) is 26.2 Å². The molecule has 0 saturated carbocycles. The predicted molar refractivity (Wildman–Crippen MR) is 65.1 cm³/mol. The molecule has 2 saturated heterocycles. The monoisotopic (exact) mass is 208 g/mol. The van der Waals surface area contributed by atoms with Crippen molar-refractivity contribution in [3.05, 3.63) is 12.2 Å². The van der Waals surface area contributed by atoms with Gasteiger partial charge >= 0.3 is 0 Å². The highest BCUT2D eigenvalue weighted by Crippen LogP contribution is 2.16. The lowest BCUT2D eigenvalue weighted by molar-refractivity contribution is 0.203. The molecule has 0 aromatic rings. The lowest BCUT2D eigenvalue weighted by atomic mass is 10.1. The molecule has 2 aliphatic heterocycles. The molecular formula is C13H24N2. The molecule has 0 aliphatic carbocycles. The van der Waals surface area contributed by atoms with Crippen LogP contribution in [0.3, 0.4) is 0 Å². The topological polar surface area (TPSA) is 15.3 Å². The molecule has 2 heterocycles. The van der Waals surface area contributed by atoms with E-state index in [-0.39, 0.29) is 0 Å². The average molecular weight is 208 g/mol. The highest BCUT2D eigenvalue weighted by atomic mass is 15.2. The van der Waals surface area contributed by atoms with Crippen molar-refractivity contribution in [1.29, 1.82) is 0 Å². The van der Waals surface area contributed by atoms with Crippen molar-refractivity contribution in [1.82, 2.24) is 10.2 Å². The maximum Gasteiger partial charge on any atom is 0.0198 e. The van der Waals surface area contributed by atoms with Gasteiger partial charge in [-0.15, -0.1) is 0 Å². The molecule has 2 nitrogen and oxygen atoms in total. The second kappa shape index (κ2) is 5.66. The van der Waals surface area contributed by atoms with Gasteiger partial charge in [0.2, 0.25) is 0 Å². The lowest BCUT2D eigenvalue weighted by Crippen LogP contribution is -2.42. The van der Waals surface area contributed by atoms with Gasteiger partial charge in [-0.2, -0.15) is 0 Å². The molecule has 0 spiro atoms. The van der Waals surface area contributed by atoms with Crippen LogP contribution in [-0.2, 0) is 0 Å². The quantitative estimate of drug-likeness (QED) is 0.700. The third-order valence-electron chi connectivity index (χ3n) is 3.69. The van der Waals surface area contributed by atoms with E-state index in [1.54, 1.807) is 0 Å². The Bertz CT molecular complexity index is 207. The zero-order chi connectivity index (χ0) is 10.5. The third-order valence-corrected chi connectivity index (χ3v) is 3.69. The second-order valence-corrected chi connectivity index (χ2v) is 5.05. The molecule has 2 aliphatic rings. The van der Waals surface area contributed by atoms with Gasteiger partial charge in [-0.25, -0.2) is 0 Å². The van der Waals surface area contributed by atoms with E-state index >= 15 is 0 Å². The van der Waals surface area contributed by atoms with Crippen molar-refractivity contribution in [2.24, 2.45) is 0 Å².